The molecule has 0 bridgehead atoms. The summed E-state index contributed by atoms with van der Waals surface area (Å²) >= 11 is 0. The Hall–Kier alpha value is -1.45. The Morgan fingerprint density at radius 1 is 1.15 bits per heavy atom. The maximum atomic E-state index is 11.9. The van der Waals surface area contributed by atoms with E-state index in [1.54, 1.807) is 0 Å². The van der Waals surface area contributed by atoms with Crippen molar-refractivity contribution in [1.29, 1.82) is 0 Å². The van der Waals surface area contributed by atoms with Crippen LogP contribution in [0.1, 0.15) is 13.3 Å². The van der Waals surface area contributed by atoms with Crippen LogP contribution >= 0.6 is 0 Å². The summed E-state index contributed by atoms with van der Waals surface area (Å²) in [6, 6.07) is 3.33. The van der Waals surface area contributed by atoms with Crippen LogP contribution in [0.3, 0.4) is 0 Å². The summed E-state index contributed by atoms with van der Waals surface area (Å²) < 4.78 is 48.5. The van der Waals surface area contributed by atoms with Crippen LogP contribution in [-0.4, -0.2) is 40.2 Å². The quantitative estimate of drug-likeness (QED) is 0.774. The molecule has 1 atom stereocenters. The molecule has 1 aromatic rings. The van der Waals surface area contributed by atoms with Gasteiger partial charge in [-0.3, -0.25) is 4.79 Å². The second-order valence-electron chi connectivity index (χ2n) is 4.16. The van der Waals surface area contributed by atoms with Crippen molar-refractivity contribution in [2.75, 3.05) is 6.26 Å². The standard InChI is InChI=1S/C11H15NO6S2/c1-3-10(11(13)14)12-20(17,18)9-6-4-8(5-7-9)19(2,15)16/h4-7,10,12H,3H2,1-2H3,(H,13,14). The van der Waals surface area contributed by atoms with Gasteiger partial charge in [0.1, 0.15) is 6.04 Å². The van der Waals surface area contributed by atoms with Crippen molar-refractivity contribution in [3.8, 4) is 0 Å². The van der Waals surface area contributed by atoms with Crippen LogP contribution in [0.15, 0.2) is 34.1 Å². The minimum Gasteiger partial charge on any atom is -0.480 e. The Labute approximate surface area is 117 Å². The zero-order valence-corrected chi connectivity index (χ0v) is 12.5. The minimum absolute atomic E-state index is 0.0123. The fourth-order valence-electron chi connectivity index (χ4n) is 1.43. The molecule has 0 aliphatic heterocycles. The lowest BCUT2D eigenvalue weighted by Crippen LogP contribution is -2.40. The third kappa shape index (κ3) is 4.02. The van der Waals surface area contributed by atoms with E-state index in [0.717, 1.165) is 30.5 Å². The molecule has 9 heteroatoms. The monoisotopic (exact) mass is 321 g/mol. The van der Waals surface area contributed by atoms with E-state index in [1.165, 1.54) is 6.92 Å². The molecule has 0 fully saturated rings. The molecule has 1 aromatic carbocycles. The summed E-state index contributed by atoms with van der Waals surface area (Å²) in [7, 11) is -7.42. The molecule has 0 spiro atoms. The van der Waals surface area contributed by atoms with Crippen LogP contribution in [-0.2, 0) is 24.7 Å². The Balaban J connectivity index is 3.08. The van der Waals surface area contributed by atoms with E-state index < -0.39 is 31.9 Å². The molecule has 0 saturated carbocycles. The molecule has 0 aliphatic carbocycles. The van der Waals surface area contributed by atoms with Gasteiger partial charge in [0.15, 0.2) is 9.84 Å². The molecule has 0 aliphatic rings. The first-order chi connectivity index (χ1) is 9.08. The number of sulfonamides is 1. The third-order valence-electron chi connectivity index (χ3n) is 2.57. The molecule has 112 valence electrons. The van der Waals surface area contributed by atoms with E-state index in [-0.39, 0.29) is 16.2 Å². The molecule has 1 rings (SSSR count). The molecule has 20 heavy (non-hydrogen) atoms. The first kappa shape index (κ1) is 16.6. The van der Waals surface area contributed by atoms with E-state index in [9.17, 15) is 21.6 Å². The maximum absolute atomic E-state index is 11.9. The largest absolute Gasteiger partial charge is 0.480 e. The number of sulfone groups is 1. The summed E-state index contributed by atoms with van der Waals surface area (Å²) in [5.74, 6) is -1.27. The predicted molar refractivity (Wildman–Crippen MR) is 71.6 cm³/mol. The second kappa shape index (κ2) is 5.90. The number of carboxylic acid groups (broad SMARTS) is 1. The van der Waals surface area contributed by atoms with Crippen molar-refractivity contribution in [3.05, 3.63) is 24.3 Å². The van der Waals surface area contributed by atoms with Crippen molar-refractivity contribution in [3.63, 3.8) is 0 Å². The van der Waals surface area contributed by atoms with Crippen molar-refractivity contribution in [2.45, 2.75) is 29.2 Å². The Kier molecular flexibility index (Phi) is 4.90. The predicted octanol–water partition coefficient (Wildman–Crippen LogP) is 0.232. The topological polar surface area (TPSA) is 118 Å². The van der Waals surface area contributed by atoms with Gasteiger partial charge in [-0.05, 0) is 30.7 Å². The van der Waals surface area contributed by atoms with Crippen molar-refractivity contribution in [2.24, 2.45) is 0 Å². The van der Waals surface area contributed by atoms with Gasteiger partial charge in [0, 0.05) is 6.26 Å². The SMILES string of the molecule is CCC(NS(=O)(=O)c1ccc(S(C)(=O)=O)cc1)C(=O)O. The fourth-order valence-corrected chi connectivity index (χ4v) is 3.33. The normalized spacial score (nSPS) is 13.9. The van der Waals surface area contributed by atoms with Gasteiger partial charge in [0.05, 0.1) is 9.79 Å². The highest BCUT2D eigenvalue weighted by Crippen LogP contribution is 2.15. The lowest BCUT2D eigenvalue weighted by Gasteiger charge is -2.12. The fraction of sp³-hybridized carbons (Fsp3) is 0.364. The van der Waals surface area contributed by atoms with E-state index in [2.05, 4.69) is 0 Å². The summed E-state index contributed by atoms with van der Waals surface area (Å²) in [4.78, 5) is 10.6. The molecule has 0 radical (unpaired) electrons. The number of aliphatic carboxylic acids is 1. The number of nitrogens with one attached hydrogen (secondary N) is 1. The van der Waals surface area contributed by atoms with Crippen molar-refractivity contribution >= 4 is 25.8 Å². The van der Waals surface area contributed by atoms with Crippen molar-refractivity contribution in [1.82, 2.24) is 4.72 Å². The molecule has 0 amide bonds. The van der Waals surface area contributed by atoms with Gasteiger partial charge in [-0.15, -0.1) is 0 Å². The smallest absolute Gasteiger partial charge is 0.321 e. The number of carboxylic acids is 1. The van der Waals surface area contributed by atoms with Gasteiger partial charge >= 0.3 is 5.97 Å². The van der Waals surface area contributed by atoms with Crippen LogP contribution < -0.4 is 4.72 Å². The highest BCUT2D eigenvalue weighted by Gasteiger charge is 2.24. The van der Waals surface area contributed by atoms with Gasteiger partial charge < -0.3 is 5.11 Å². The van der Waals surface area contributed by atoms with Crippen LogP contribution in [0.25, 0.3) is 0 Å². The van der Waals surface area contributed by atoms with Crippen LogP contribution in [0.2, 0.25) is 0 Å². The number of carbonyl (C=O) groups is 1. The first-order valence-corrected chi connectivity index (χ1v) is 9.00. The van der Waals surface area contributed by atoms with Crippen LogP contribution in [0.4, 0.5) is 0 Å². The second-order valence-corrected chi connectivity index (χ2v) is 7.89. The maximum Gasteiger partial charge on any atom is 0.321 e. The average molecular weight is 321 g/mol. The van der Waals surface area contributed by atoms with E-state index in [1.807, 2.05) is 4.72 Å². The van der Waals surface area contributed by atoms with Gasteiger partial charge in [-0.1, -0.05) is 6.92 Å². The number of hydrogen-bond acceptors (Lipinski definition) is 5. The molecular weight excluding hydrogens is 306 g/mol. The number of hydrogen-bond donors (Lipinski definition) is 2. The molecular formula is C11H15NO6S2. The summed E-state index contributed by atoms with van der Waals surface area (Å²) in [6.45, 7) is 1.54. The number of benzene rings is 1. The lowest BCUT2D eigenvalue weighted by atomic mass is 10.2. The zero-order chi connectivity index (χ0) is 15.6. The summed E-state index contributed by atoms with van der Waals surface area (Å²) in [5, 5.41) is 8.83. The number of rotatable bonds is 6. The third-order valence-corrected chi connectivity index (χ3v) is 5.18. The Morgan fingerprint density at radius 2 is 1.60 bits per heavy atom. The van der Waals surface area contributed by atoms with Gasteiger partial charge in [-0.2, -0.15) is 4.72 Å². The molecule has 0 aromatic heterocycles. The van der Waals surface area contributed by atoms with E-state index in [0.29, 0.717) is 0 Å². The van der Waals surface area contributed by atoms with E-state index in [4.69, 9.17) is 5.11 Å². The molecule has 0 saturated heterocycles. The molecule has 0 heterocycles. The van der Waals surface area contributed by atoms with Gasteiger partial charge in [-0.25, -0.2) is 16.8 Å². The molecule has 1 unspecified atom stereocenters. The first-order valence-electron chi connectivity index (χ1n) is 5.63. The molecule has 7 nitrogen and oxygen atoms in total. The highest BCUT2D eigenvalue weighted by atomic mass is 32.2. The van der Waals surface area contributed by atoms with Crippen LogP contribution in [0.5, 0.6) is 0 Å². The Morgan fingerprint density at radius 3 is 1.95 bits per heavy atom. The average Bonchev–Trinajstić information content (AvgIpc) is 2.35. The van der Waals surface area contributed by atoms with Gasteiger partial charge in [0.2, 0.25) is 10.0 Å². The van der Waals surface area contributed by atoms with Crippen LogP contribution in [0, 0.1) is 0 Å². The highest BCUT2D eigenvalue weighted by molar-refractivity contribution is 7.90. The molecule has 2 N–H and O–H groups in total. The summed E-state index contributed by atoms with van der Waals surface area (Å²) in [5.41, 5.74) is 0. The lowest BCUT2D eigenvalue weighted by molar-refractivity contribution is -0.139. The minimum atomic E-state index is -4.00. The Bertz CT molecular complexity index is 691. The zero-order valence-electron chi connectivity index (χ0n) is 10.9. The summed E-state index contributed by atoms with van der Waals surface area (Å²) in [6.07, 6.45) is 1.10. The van der Waals surface area contributed by atoms with Crippen molar-refractivity contribution < 1.29 is 26.7 Å². The van der Waals surface area contributed by atoms with E-state index >= 15 is 0 Å². The van der Waals surface area contributed by atoms with Gasteiger partial charge in [0.25, 0.3) is 0 Å².